The second-order valence-electron chi connectivity index (χ2n) is 4.82. The number of hydrogen-bond acceptors (Lipinski definition) is 3. The Kier molecular flexibility index (Phi) is 6.29. The lowest BCUT2D eigenvalue weighted by atomic mass is 10.1. The highest BCUT2D eigenvalue weighted by Crippen LogP contribution is 2.19. The van der Waals surface area contributed by atoms with Crippen molar-refractivity contribution in [1.82, 2.24) is 0 Å². The molecule has 3 N–H and O–H groups in total. The minimum atomic E-state index is -0.424. The second kappa shape index (κ2) is 7.74. The van der Waals surface area contributed by atoms with Crippen LogP contribution in [0.4, 0.5) is 15.8 Å². The van der Waals surface area contributed by atoms with Gasteiger partial charge in [0.15, 0.2) is 0 Å². The number of carbonyl (C=O) groups excluding carboxylic acids is 1. The second-order valence-corrected chi connectivity index (χ2v) is 4.82. The molecule has 0 saturated carbocycles. The van der Waals surface area contributed by atoms with Crippen LogP contribution >= 0.6 is 0 Å². The normalized spacial score (nSPS) is 10.7. The van der Waals surface area contributed by atoms with Gasteiger partial charge >= 0.3 is 0 Å². The van der Waals surface area contributed by atoms with E-state index >= 15 is 0 Å². The lowest BCUT2D eigenvalue weighted by molar-refractivity contribution is -0.117. The zero-order valence-electron chi connectivity index (χ0n) is 11.4. The lowest BCUT2D eigenvalue weighted by Crippen LogP contribution is -2.15. The largest absolute Gasteiger partial charge is 0.397 e. The standard InChI is InChI=1S/C14H21FN2O2/c1-10(2)5-7-19-8-6-14(18)17-13-4-3-11(15)9-12(13)16/h3-4,9-10H,5-8,16H2,1-2H3,(H,17,18). The Balaban J connectivity index is 2.27. The first-order chi connectivity index (χ1) is 8.99. The number of benzene rings is 1. The summed E-state index contributed by atoms with van der Waals surface area (Å²) in [6.07, 6.45) is 1.24. The summed E-state index contributed by atoms with van der Waals surface area (Å²) in [5.74, 6) is -0.0248. The number of anilines is 2. The van der Waals surface area contributed by atoms with Crippen LogP contribution in [0, 0.1) is 11.7 Å². The van der Waals surface area contributed by atoms with E-state index in [9.17, 15) is 9.18 Å². The molecule has 0 unspecified atom stereocenters. The highest BCUT2D eigenvalue weighted by molar-refractivity contribution is 5.93. The molecule has 0 atom stereocenters. The Morgan fingerprint density at radius 2 is 2.16 bits per heavy atom. The molecular formula is C14H21FN2O2. The minimum absolute atomic E-state index is 0.192. The van der Waals surface area contributed by atoms with Gasteiger partial charge in [0, 0.05) is 6.61 Å². The monoisotopic (exact) mass is 268 g/mol. The first kappa shape index (κ1) is 15.4. The van der Waals surface area contributed by atoms with Crippen molar-refractivity contribution < 1.29 is 13.9 Å². The quantitative estimate of drug-likeness (QED) is 0.590. The number of ether oxygens (including phenoxy) is 1. The molecule has 0 fully saturated rings. The SMILES string of the molecule is CC(C)CCOCCC(=O)Nc1ccc(F)cc1N. The first-order valence-electron chi connectivity index (χ1n) is 6.41. The molecule has 4 nitrogen and oxygen atoms in total. The Bertz CT molecular complexity index is 422. The van der Waals surface area contributed by atoms with Crippen molar-refractivity contribution in [3.63, 3.8) is 0 Å². The number of carbonyl (C=O) groups is 1. The van der Waals surface area contributed by atoms with Crippen molar-refractivity contribution in [2.24, 2.45) is 5.92 Å². The zero-order valence-corrected chi connectivity index (χ0v) is 11.4. The van der Waals surface area contributed by atoms with E-state index in [-0.39, 0.29) is 18.0 Å². The van der Waals surface area contributed by atoms with Gasteiger partial charge in [0.25, 0.3) is 0 Å². The molecule has 5 heteroatoms. The summed E-state index contributed by atoms with van der Waals surface area (Å²) >= 11 is 0. The molecule has 0 aliphatic carbocycles. The summed E-state index contributed by atoms with van der Waals surface area (Å²) in [5, 5.41) is 2.63. The maximum atomic E-state index is 12.8. The van der Waals surface area contributed by atoms with Crippen LogP contribution in [0.15, 0.2) is 18.2 Å². The smallest absolute Gasteiger partial charge is 0.226 e. The van der Waals surface area contributed by atoms with Crippen LogP contribution in [0.2, 0.25) is 0 Å². The van der Waals surface area contributed by atoms with Crippen LogP contribution in [-0.4, -0.2) is 19.1 Å². The van der Waals surface area contributed by atoms with Crippen molar-refractivity contribution in [3.05, 3.63) is 24.0 Å². The van der Waals surface area contributed by atoms with E-state index in [1.807, 2.05) is 0 Å². The summed E-state index contributed by atoms with van der Waals surface area (Å²) in [7, 11) is 0. The summed E-state index contributed by atoms with van der Waals surface area (Å²) in [4.78, 5) is 11.6. The molecule has 0 spiro atoms. The number of amides is 1. The summed E-state index contributed by atoms with van der Waals surface area (Å²) in [5.41, 5.74) is 6.23. The molecule has 1 aromatic carbocycles. The lowest BCUT2D eigenvalue weighted by Gasteiger charge is -2.09. The zero-order chi connectivity index (χ0) is 14.3. The van der Waals surface area contributed by atoms with Crippen molar-refractivity contribution in [2.75, 3.05) is 24.3 Å². The van der Waals surface area contributed by atoms with Gasteiger partial charge in [-0.05, 0) is 30.5 Å². The Morgan fingerprint density at radius 3 is 2.79 bits per heavy atom. The van der Waals surface area contributed by atoms with Crippen LogP contribution in [0.3, 0.4) is 0 Å². The molecule has 106 valence electrons. The summed E-state index contributed by atoms with van der Waals surface area (Å²) < 4.78 is 18.2. The average Bonchev–Trinajstić information content (AvgIpc) is 2.32. The Morgan fingerprint density at radius 1 is 1.42 bits per heavy atom. The van der Waals surface area contributed by atoms with E-state index in [0.717, 1.165) is 6.42 Å². The van der Waals surface area contributed by atoms with E-state index in [0.29, 0.717) is 24.8 Å². The van der Waals surface area contributed by atoms with Gasteiger partial charge in [0.05, 0.1) is 24.4 Å². The number of nitrogens with one attached hydrogen (secondary N) is 1. The fourth-order valence-corrected chi connectivity index (χ4v) is 1.45. The number of nitrogen functional groups attached to an aromatic ring is 1. The van der Waals surface area contributed by atoms with Gasteiger partial charge < -0.3 is 15.8 Å². The number of rotatable bonds is 7. The van der Waals surface area contributed by atoms with Gasteiger partial charge in [0.1, 0.15) is 5.82 Å². The molecule has 0 aliphatic heterocycles. The molecular weight excluding hydrogens is 247 g/mol. The third-order valence-corrected chi connectivity index (χ3v) is 2.60. The maximum Gasteiger partial charge on any atom is 0.226 e. The topological polar surface area (TPSA) is 64.3 Å². The van der Waals surface area contributed by atoms with Gasteiger partial charge in [-0.25, -0.2) is 4.39 Å². The van der Waals surface area contributed by atoms with E-state index in [1.54, 1.807) is 0 Å². The molecule has 0 heterocycles. The van der Waals surface area contributed by atoms with Crippen LogP contribution < -0.4 is 11.1 Å². The first-order valence-corrected chi connectivity index (χ1v) is 6.41. The number of halogens is 1. The minimum Gasteiger partial charge on any atom is -0.397 e. The predicted molar refractivity (Wildman–Crippen MR) is 74.3 cm³/mol. The van der Waals surface area contributed by atoms with Crippen molar-refractivity contribution in [2.45, 2.75) is 26.7 Å². The van der Waals surface area contributed by atoms with Crippen molar-refractivity contribution in [1.29, 1.82) is 0 Å². The van der Waals surface area contributed by atoms with Gasteiger partial charge in [0.2, 0.25) is 5.91 Å². The van der Waals surface area contributed by atoms with Gasteiger partial charge in [-0.15, -0.1) is 0 Å². The molecule has 0 bridgehead atoms. The Hall–Kier alpha value is -1.62. The van der Waals surface area contributed by atoms with Gasteiger partial charge in [-0.2, -0.15) is 0 Å². The molecule has 1 amide bonds. The predicted octanol–water partition coefficient (Wildman–Crippen LogP) is 2.80. The van der Waals surface area contributed by atoms with Crippen molar-refractivity contribution in [3.8, 4) is 0 Å². The van der Waals surface area contributed by atoms with E-state index in [2.05, 4.69) is 19.2 Å². The van der Waals surface area contributed by atoms with E-state index in [1.165, 1.54) is 18.2 Å². The maximum absolute atomic E-state index is 12.8. The van der Waals surface area contributed by atoms with Gasteiger partial charge in [-0.3, -0.25) is 4.79 Å². The van der Waals surface area contributed by atoms with Crippen LogP contribution in [0.1, 0.15) is 26.7 Å². The third kappa shape index (κ3) is 6.20. The Labute approximate surface area is 113 Å². The highest BCUT2D eigenvalue weighted by Gasteiger charge is 2.06. The van der Waals surface area contributed by atoms with Crippen LogP contribution in [-0.2, 0) is 9.53 Å². The molecule has 0 saturated heterocycles. The summed E-state index contributed by atoms with van der Waals surface area (Å²) in [6, 6.07) is 3.88. The third-order valence-electron chi connectivity index (χ3n) is 2.60. The highest BCUT2D eigenvalue weighted by atomic mass is 19.1. The molecule has 1 rings (SSSR count). The van der Waals surface area contributed by atoms with Gasteiger partial charge in [-0.1, -0.05) is 13.8 Å². The fraction of sp³-hybridized carbons (Fsp3) is 0.500. The summed E-state index contributed by atoms with van der Waals surface area (Å²) in [6.45, 7) is 5.27. The number of hydrogen-bond donors (Lipinski definition) is 2. The molecule has 19 heavy (non-hydrogen) atoms. The molecule has 0 aromatic heterocycles. The van der Waals surface area contributed by atoms with E-state index in [4.69, 9.17) is 10.5 Å². The average molecular weight is 268 g/mol. The van der Waals surface area contributed by atoms with Crippen molar-refractivity contribution >= 4 is 17.3 Å². The van der Waals surface area contributed by atoms with Crippen LogP contribution in [0.25, 0.3) is 0 Å². The molecule has 0 radical (unpaired) electrons. The molecule has 1 aromatic rings. The number of nitrogens with two attached hydrogens (primary N) is 1. The fourth-order valence-electron chi connectivity index (χ4n) is 1.45. The van der Waals surface area contributed by atoms with E-state index < -0.39 is 5.82 Å². The molecule has 0 aliphatic rings. The van der Waals surface area contributed by atoms with Crippen LogP contribution in [0.5, 0.6) is 0 Å².